The van der Waals surface area contributed by atoms with Crippen molar-refractivity contribution in [2.75, 3.05) is 18.0 Å². The predicted octanol–water partition coefficient (Wildman–Crippen LogP) is 4.15. The van der Waals surface area contributed by atoms with Crippen molar-refractivity contribution in [2.24, 2.45) is 0 Å². The van der Waals surface area contributed by atoms with E-state index < -0.39 is 10.0 Å². The van der Waals surface area contributed by atoms with Gasteiger partial charge in [0.2, 0.25) is 0 Å². The summed E-state index contributed by atoms with van der Waals surface area (Å²) in [6.07, 6.45) is 1.55. The zero-order valence-electron chi connectivity index (χ0n) is 13.0. The third kappa shape index (κ3) is 3.76. The van der Waals surface area contributed by atoms with Crippen molar-refractivity contribution in [3.05, 3.63) is 65.2 Å². The van der Waals surface area contributed by atoms with Gasteiger partial charge in [0.25, 0.3) is 10.0 Å². The third-order valence-electron chi connectivity index (χ3n) is 3.30. The topological polar surface area (TPSA) is 46.6 Å². The molecule has 0 amide bonds. The van der Waals surface area contributed by atoms with E-state index in [0.29, 0.717) is 11.4 Å². The summed E-state index contributed by atoms with van der Waals surface area (Å²) in [5, 5.41) is 0. The molecule has 4 nitrogen and oxygen atoms in total. The van der Waals surface area contributed by atoms with Crippen molar-refractivity contribution in [2.45, 2.75) is 11.8 Å². The van der Waals surface area contributed by atoms with Crippen LogP contribution in [-0.2, 0) is 10.0 Å². The first-order chi connectivity index (χ1) is 10.9. The van der Waals surface area contributed by atoms with E-state index in [-0.39, 0.29) is 11.4 Å². The van der Waals surface area contributed by atoms with Crippen LogP contribution in [0.15, 0.2) is 64.5 Å². The van der Waals surface area contributed by atoms with Gasteiger partial charge in [-0.2, -0.15) is 0 Å². The molecule has 0 N–H and O–H groups in total. The second-order valence-corrected chi connectivity index (χ2v) is 7.73. The molecule has 0 aliphatic carbocycles. The van der Waals surface area contributed by atoms with Crippen molar-refractivity contribution in [3.8, 4) is 5.75 Å². The molecule has 6 heteroatoms. The number of methoxy groups -OCH3 is 1. The van der Waals surface area contributed by atoms with Crippen LogP contribution < -0.4 is 9.04 Å². The van der Waals surface area contributed by atoms with Crippen LogP contribution in [0.5, 0.6) is 5.75 Å². The molecule has 2 aromatic rings. The molecule has 0 bridgehead atoms. The number of anilines is 1. The highest BCUT2D eigenvalue weighted by Gasteiger charge is 2.26. The van der Waals surface area contributed by atoms with Crippen LogP contribution in [0, 0.1) is 6.92 Å². The maximum absolute atomic E-state index is 13.0. The van der Waals surface area contributed by atoms with Crippen LogP contribution in [0.25, 0.3) is 0 Å². The fourth-order valence-electron chi connectivity index (χ4n) is 2.17. The first-order valence-electron chi connectivity index (χ1n) is 6.94. The van der Waals surface area contributed by atoms with E-state index in [4.69, 9.17) is 4.74 Å². The Hall–Kier alpha value is -1.79. The maximum Gasteiger partial charge on any atom is 0.264 e. The monoisotopic (exact) mass is 395 g/mol. The van der Waals surface area contributed by atoms with E-state index in [9.17, 15) is 8.42 Å². The molecule has 23 heavy (non-hydrogen) atoms. The highest BCUT2D eigenvalue weighted by atomic mass is 79.9. The Labute approximate surface area is 145 Å². The maximum atomic E-state index is 13.0. The second-order valence-electron chi connectivity index (χ2n) is 4.95. The minimum atomic E-state index is -3.72. The van der Waals surface area contributed by atoms with Gasteiger partial charge in [-0.25, -0.2) is 8.42 Å². The highest BCUT2D eigenvalue weighted by molar-refractivity contribution is 9.10. The SMILES string of the molecule is C=CCN(c1cc(C)ccc1OC)S(=O)(=O)c1ccc(Br)cc1. The van der Waals surface area contributed by atoms with Gasteiger partial charge in [-0.15, -0.1) is 6.58 Å². The van der Waals surface area contributed by atoms with Crippen LogP contribution >= 0.6 is 15.9 Å². The van der Waals surface area contributed by atoms with E-state index in [2.05, 4.69) is 22.5 Å². The lowest BCUT2D eigenvalue weighted by Gasteiger charge is -2.25. The highest BCUT2D eigenvalue weighted by Crippen LogP contribution is 2.33. The summed E-state index contributed by atoms with van der Waals surface area (Å²) in [6, 6.07) is 12.0. The number of benzene rings is 2. The summed E-state index contributed by atoms with van der Waals surface area (Å²) in [4.78, 5) is 0.214. The largest absolute Gasteiger partial charge is 0.495 e. The van der Waals surface area contributed by atoms with Crippen LogP contribution in [0.1, 0.15) is 5.56 Å². The average molecular weight is 396 g/mol. The number of hydrogen-bond acceptors (Lipinski definition) is 3. The molecule has 0 aromatic heterocycles. The fraction of sp³-hybridized carbons (Fsp3) is 0.176. The first-order valence-corrected chi connectivity index (χ1v) is 9.17. The Morgan fingerprint density at radius 1 is 1.22 bits per heavy atom. The second kappa shape index (κ2) is 7.19. The third-order valence-corrected chi connectivity index (χ3v) is 5.62. The molecule has 0 fully saturated rings. The molecule has 0 radical (unpaired) electrons. The number of halogens is 1. The number of rotatable bonds is 6. The van der Waals surface area contributed by atoms with Gasteiger partial charge in [-0.3, -0.25) is 4.31 Å². The van der Waals surface area contributed by atoms with Gasteiger partial charge < -0.3 is 4.74 Å². The van der Waals surface area contributed by atoms with Gasteiger partial charge in [0.15, 0.2) is 0 Å². The van der Waals surface area contributed by atoms with Gasteiger partial charge in [-0.1, -0.05) is 28.1 Å². The van der Waals surface area contributed by atoms with Gasteiger partial charge in [0.1, 0.15) is 5.75 Å². The molecule has 0 saturated carbocycles. The molecule has 0 heterocycles. The van der Waals surface area contributed by atoms with Gasteiger partial charge in [-0.05, 0) is 48.9 Å². The van der Waals surface area contributed by atoms with Crippen molar-refractivity contribution < 1.29 is 13.2 Å². The van der Waals surface area contributed by atoms with Crippen molar-refractivity contribution in [3.63, 3.8) is 0 Å². The number of hydrogen-bond donors (Lipinski definition) is 0. The molecule has 0 aliphatic rings. The summed E-state index contributed by atoms with van der Waals surface area (Å²) < 4.78 is 33.5. The number of nitrogens with zero attached hydrogens (tertiary/aromatic N) is 1. The molecule has 0 saturated heterocycles. The number of sulfonamides is 1. The molecule has 0 aliphatic heterocycles. The Morgan fingerprint density at radius 3 is 2.43 bits per heavy atom. The normalized spacial score (nSPS) is 11.1. The Bertz CT molecular complexity index is 801. The van der Waals surface area contributed by atoms with Crippen LogP contribution in [0.3, 0.4) is 0 Å². The van der Waals surface area contributed by atoms with Crippen LogP contribution in [0.2, 0.25) is 0 Å². The predicted molar refractivity (Wildman–Crippen MR) is 96.6 cm³/mol. The van der Waals surface area contributed by atoms with E-state index in [1.54, 1.807) is 42.5 Å². The lowest BCUT2D eigenvalue weighted by Crippen LogP contribution is -2.31. The van der Waals surface area contributed by atoms with Gasteiger partial charge in [0.05, 0.1) is 24.2 Å². The molecule has 2 rings (SSSR count). The molecule has 0 unspecified atom stereocenters. The minimum Gasteiger partial charge on any atom is -0.495 e. The lowest BCUT2D eigenvalue weighted by molar-refractivity contribution is 0.415. The zero-order valence-corrected chi connectivity index (χ0v) is 15.4. The summed E-state index contributed by atoms with van der Waals surface area (Å²) in [7, 11) is -2.20. The zero-order chi connectivity index (χ0) is 17.0. The van der Waals surface area contributed by atoms with Crippen molar-refractivity contribution in [1.29, 1.82) is 0 Å². The standard InChI is InChI=1S/C17H18BrNO3S/c1-4-11-19(16-12-13(2)5-10-17(16)22-3)23(20,21)15-8-6-14(18)7-9-15/h4-10,12H,1,11H2,2-3H3. The number of aryl methyl sites for hydroxylation is 1. The van der Waals surface area contributed by atoms with Gasteiger partial charge >= 0.3 is 0 Å². The minimum absolute atomic E-state index is 0.151. The van der Waals surface area contributed by atoms with Gasteiger partial charge in [0, 0.05) is 4.47 Å². The smallest absolute Gasteiger partial charge is 0.264 e. The Balaban J connectivity index is 2.60. The van der Waals surface area contributed by atoms with E-state index >= 15 is 0 Å². The molecule has 0 spiro atoms. The molecule has 0 atom stereocenters. The molecule has 2 aromatic carbocycles. The molecule has 122 valence electrons. The average Bonchev–Trinajstić information content (AvgIpc) is 2.53. The molecular formula is C17H18BrNO3S. The Kier molecular flexibility index (Phi) is 5.49. The van der Waals surface area contributed by atoms with Crippen molar-refractivity contribution >= 4 is 31.6 Å². The first kappa shape index (κ1) is 17.6. The quantitative estimate of drug-likeness (QED) is 0.690. The van der Waals surface area contributed by atoms with Crippen molar-refractivity contribution in [1.82, 2.24) is 0 Å². The van der Waals surface area contributed by atoms with E-state index in [1.165, 1.54) is 11.4 Å². The van der Waals surface area contributed by atoms with Crippen LogP contribution in [0.4, 0.5) is 5.69 Å². The summed E-state index contributed by atoms with van der Waals surface area (Å²) >= 11 is 3.31. The van der Waals surface area contributed by atoms with E-state index in [1.807, 2.05) is 13.0 Å². The van der Waals surface area contributed by atoms with E-state index in [0.717, 1.165) is 10.0 Å². The lowest BCUT2D eigenvalue weighted by atomic mass is 10.2. The summed E-state index contributed by atoms with van der Waals surface area (Å²) in [6.45, 7) is 5.73. The number of ether oxygens (including phenoxy) is 1. The summed E-state index contributed by atoms with van der Waals surface area (Å²) in [5.41, 5.74) is 1.44. The fourth-order valence-corrected chi connectivity index (χ4v) is 3.87. The Morgan fingerprint density at radius 2 is 1.87 bits per heavy atom. The summed E-state index contributed by atoms with van der Waals surface area (Å²) in [5.74, 6) is 0.498. The van der Waals surface area contributed by atoms with Crippen LogP contribution in [-0.4, -0.2) is 22.1 Å². The molecular weight excluding hydrogens is 378 g/mol.